The Morgan fingerprint density at radius 1 is 1.47 bits per heavy atom. The lowest BCUT2D eigenvalue weighted by Gasteiger charge is -2.11. The maximum Gasteiger partial charge on any atom is 0.237 e. The fraction of sp³-hybridized carbons (Fsp3) is 0.182. The molecule has 0 bridgehead atoms. The minimum Gasteiger partial charge on any atom is -0.324 e. The van der Waals surface area contributed by atoms with Gasteiger partial charge in [-0.2, -0.15) is 0 Å². The van der Waals surface area contributed by atoms with Gasteiger partial charge >= 0.3 is 0 Å². The number of nitrogens with zero attached hydrogens (tertiary/aromatic N) is 2. The molecule has 2 aromatic rings. The molecule has 0 unspecified atom stereocenters. The van der Waals surface area contributed by atoms with Gasteiger partial charge in [0.2, 0.25) is 5.91 Å². The molecule has 19 heavy (non-hydrogen) atoms. The van der Waals surface area contributed by atoms with Gasteiger partial charge in [-0.3, -0.25) is 4.79 Å². The molecule has 1 N–H and O–H groups in total. The molecule has 0 radical (unpaired) electrons. The number of nitrogens with one attached hydrogen (secondary N) is 1. The summed E-state index contributed by atoms with van der Waals surface area (Å²) in [6, 6.07) is 4.93. The molecule has 2 rings (SSSR count). The van der Waals surface area contributed by atoms with Crippen LogP contribution < -0.4 is 5.32 Å². The number of hydrogen-bond acceptors (Lipinski definition) is 5. The molecule has 8 heteroatoms. The van der Waals surface area contributed by atoms with E-state index in [1.807, 2.05) is 0 Å². The fourth-order valence-corrected chi connectivity index (χ4v) is 3.33. The molecule has 1 aromatic heterocycles. The Kier molecular flexibility index (Phi) is 5.04. The predicted molar refractivity (Wildman–Crippen MR) is 80.3 cm³/mol. The number of carbonyl (C=O) groups is 1. The summed E-state index contributed by atoms with van der Waals surface area (Å²) in [7, 11) is 0. The first kappa shape index (κ1) is 14.6. The number of anilines is 1. The lowest BCUT2D eigenvalue weighted by atomic mass is 10.3. The van der Waals surface area contributed by atoms with E-state index < -0.39 is 0 Å². The van der Waals surface area contributed by atoms with Crippen molar-refractivity contribution in [2.24, 2.45) is 0 Å². The van der Waals surface area contributed by atoms with Gasteiger partial charge in [0.05, 0.1) is 16.0 Å². The highest BCUT2D eigenvalue weighted by molar-refractivity contribution is 8.02. The summed E-state index contributed by atoms with van der Waals surface area (Å²) >= 11 is 14.5. The minimum absolute atomic E-state index is 0.149. The first-order chi connectivity index (χ1) is 9.06. The third-order valence-electron chi connectivity index (χ3n) is 2.18. The number of hydrogen-bond donors (Lipinski definition) is 1. The summed E-state index contributed by atoms with van der Waals surface area (Å²) in [4.78, 5) is 12.0. The molecule has 0 aliphatic rings. The summed E-state index contributed by atoms with van der Waals surface area (Å²) in [5, 5.41) is 11.0. The van der Waals surface area contributed by atoms with Crippen LogP contribution in [0.2, 0.25) is 10.0 Å². The highest BCUT2D eigenvalue weighted by atomic mass is 35.5. The Morgan fingerprint density at radius 3 is 2.89 bits per heavy atom. The minimum atomic E-state index is -0.292. The summed E-state index contributed by atoms with van der Waals surface area (Å²) in [6.07, 6.45) is 0. The van der Waals surface area contributed by atoms with Gasteiger partial charge in [-0.25, -0.2) is 0 Å². The predicted octanol–water partition coefficient (Wildman–Crippen LogP) is 3.96. The van der Waals surface area contributed by atoms with Gasteiger partial charge in [0.15, 0.2) is 4.34 Å². The van der Waals surface area contributed by atoms with E-state index in [2.05, 4.69) is 15.5 Å². The molecule has 0 saturated carbocycles. The molecule has 4 nitrogen and oxygen atoms in total. The van der Waals surface area contributed by atoms with E-state index in [0.717, 1.165) is 4.34 Å². The third-order valence-corrected chi connectivity index (χ3v) is 4.63. The van der Waals surface area contributed by atoms with Gasteiger partial charge in [0.25, 0.3) is 0 Å². The highest BCUT2D eigenvalue weighted by Gasteiger charge is 2.17. The van der Waals surface area contributed by atoms with Crippen LogP contribution in [0.3, 0.4) is 0 Å². The quantitative estimate of drug-likeness (QED) is 0.860. The first-order valence-electron chi connectivity index (χ1n) is 5.25. The molecule has 100 valence electrons. The second-order valence-electron chi connectivity index (χ2n) is 3.58. The van der Waals surface area contributed by atoms with Gasteiger partial charge in [0, 0.05) is 5.02 Å². The summed E-state index contributed by atoms with van der Waals surface area (Å²) < 4.78 is 0.754. The Bertz CT molecular complexity index is 577. The van der Waals surface area contributed by atoms with E-state index in [1.165, 1.54) is 23.1 Å². The van der Waals surface area contributed by atoms with Crippen LogP contribution in [0.25, 0.3) is 0 Å². The lowest BCUT2D eigenvalue weighted by molar-refractivity contribution is -0.115. The van der Waals surface area contributed by atoms with Crippen LogP contribution in [-0.4, -0.2) is 21.4 Å². The van der Waals surface area contributed by atoms with Crippen molar-refractivity contribution in [1.82, 2.24) is 10.2 Å². The average Bonchev–Trinajstić information content (AvgIpc) is 2.85. The van der Waals surface area contributed by atoms with E-state index >= 15 is 0 Å². The van der Waals surface area contributed by atoms with E-state index in [9.17, 15) is 4.79 Å². The zero-order valence-electron chi connectivity index (χ0n) is 9.76. The largest absolute Gasteiger partial charge is 0.324 e. The molecule has 1 heterocycles. The van der Waals surface area contributed by atoms with Gasteiger partial charge in [-0.05, 0) is 25.1 Å². The molecule has 1 amide bonds. The van der Waals surface area contributed by atoms with Crippen LogP contribution >= 0.6 is 46.3 Å². The van der Waals surface area contributed by atoms with Crippen molar-refractivity contribution < 1.29 is 4.79 Å². The summed E-state index contributed by atoms with van der Waals surface area (Å²) in [6.45, 7) is 1.80. The standard InChI is InChI=1S/C11H9Cl2N3OS2/c1-6(19-11-16-14-5-18-11)10(17)15-9-3-2-7(12)4-8(9)13/h2-6H,1H3,(H,15,17)/t6-/m0/s1. The Balaban J connectivity index is 2.00. The number of carbonyl (C=O) groups excluding carboxylic acids is 1. The summed E-state index contributed by atoms with van der Waals surface area (Å²) in [5.41, 5.74) is 2.17. The van der Waals surface area contributed by atoms with Crippen molar-refractivity contribution in [2.75, 3.05) is 5.32 Å². The topological polar surface area (TPSA) is 54.9 Å². The van der Waals surface area contributed by atoms with Gasteiger partial charge in [-0.1, -0.05) is 46.3 Å². The SMILES string of the molecule is C[C@H](Sc1nncs1)C(=O)Nc1ccc(Cl)cc1Cl. The first-order valence-corrected chi connectivity index (χ1v) is 7.76. The number of rotatable bonds is 4. The summed E-state index contributed by atoms with van der Waals surface area (Å²) in [5.74, 6) is -0.149. The van der Waals surface area contributed by atoms with Crippen LogP contribution in [0.5, 0.6) is 0 Å². The highest BCUT2D eigenvalue weighted by Crippen LogP contribution is 2.28. The number of benzene rings is 1. The second-order valence-corrected chi connectivity index (χ2v) is 6.84. The van der Waals surface area contributed by atoms with E-state index in [4.69, 9.17) is 23.2 Å². The maximum absolute atomic E-state index is 12.0. The van der Waals surface area contributed by atoms with E-state index in [0.29, 0.717) is 15.7 Å². The monoisotopic (exact) mass is 333 g/mol. The molecule has 0 fully saturated rings. The Hall–Kier alpha value is -0.820. The van der Waals surface area contributed by atoms with Crippen molar-refractivity contribution >= 4 is 57.9 Å². The van der Waals surface area contributed by atoms with E-state index in [-0.39, 0.29) is 11.2 Å². The van der Waals surface area contributed by atoms with Gasteiger partial charge in [-0.15, -0.1) is 10.2 Å². The van der Waals surface area contributed by atoms with E-state index in [1.54, 1.807) is 30.6 Å². The van der Waals surface area contributed by atoms with Crippen molar-refractivity contribution in [3.63, 3.8) is 0 Å². The normalized spacial score (nSPS) is 12.2. The lowest BCUT2D eigenvalue weighted by Crippen LogP contribution is -2.22. The Labute approximate surface area is 128 Å². The zero-order chi connectivity index (χ0) is 13.8. The smallest absolute Gasteiger partial charge is 0.237 e. The molecular formula is C11H9Cl2N3OS2. The van der Waals surface area contributed by atoms with Crippen LogP contribution in [-0.2, 0) is 4.79 Å². The molecular weight excluding hydrogens is 325 g/mol. The van der Waals surface area contributed by atoms with Gasteiger partial charge < -0.3 is 5.32 Å². The molecule has 0 aliphatic heterocycles. The maximum atomic E-state index is 12.0. The molecule has 0 saturated heterocycles. The number of thioether (sulfide) groups is 1. The molecule has 0 spiro atoms. The molecule has 1 aromatic carbocycles. The van der Waals surface area contributed by atoms with Crippen molar-refractivity contribution in [3.05, 3.63) is 33.8 Å². The van der Waals surface area contributed by atoms with Crippen molar-refractivity contribution in [1.29, 1.82) is 0 Å². The Morgan fingerprint density at radius 2 is 2.26 bits per heavy atom. The van der Waals surface area contributed by atoms with Crippen LogP contribution in [0.4, 0.5) is 5.69 Å². The average molecular weight is 334 g/mol. The second kappa shape index (κ2) is 6.56. The van der Waals surface area contributed by atoms with Gasteiger partial charge in [0.1, 0.15) is 5.51 Å². The number of halogens is 2. The molecule has 1 atom stereocenters. The van der Waals surface area contributed by atoms with Crippen LogP contribution in [0, 0.1) is 0 Å². The molecule has 0 aliphatic carbocycles. The number of amides is 1. The van der Waals surface area contributed by atoms with Crippen LogP contribution in [0.1, 0.15) is 6.92 Å². The van der Waals surface area contributed by atoms with Crippen molar-refractivity contribution in [3.8, 4) is 0 Å². The van der Waals surface area contributed by atoms with Crippen molar-refractivity contribution in [2.45, 2.75) is 16.5 Å². The fourth-order valence-electron chi connectivity index (χ4n) is 1.24. The number of aromatic nitrogens is 2. The zero-order valence-corrected chi connectivity index (χ0v) is 12.9. The third kappa shape index (κ3) is 4.07. The van der Waals surface area contributed by atoms with Crippen LogP contribution in [0.15, 0.2) is 28.0 Å².